The van der Waals surface area contributed by atoms with Gasteiger partial charge in [-0.3, -0.25) is 4.79 Å². The second kappa shape index (κ2) is 8.86. The molecule has 158 valence electrons. The Morgan fingerprint density at radius 2 is 2.03 bits per heavy atom. The van der Waals surface area contributed by atoms with Crippen molar-refractivity contribution in [1.29, 1.82) is 0 Å². The number of likely N-dealkylation sites (tertiary alicyclic amines) is 1. The molecule has 0 bridgehead atoms. The van der Waals surface area contributed by atoms with Crippen LogP contribution < -0.4 is 4.74 Å². The number of nitrogens with zero attached hydrogens (tertiary/aromatic N) is 4. The molecule has 0 unspecified atom stereocenters. The third-order valence-electron chi connectivity index (χ3n) is 5.74. The van der Waals surface area contributed by atoms with Crippen molar-refractivity contribution in [2.45, 2.75) is 46.1 Å². The van der Waals surface area contributed by atoms with E-state index in [0.29, 0.717) is 25.0 Å². The molecule has 1 amide bonds. The van der Waals surface area contributed by atoms with Crippen LogP contribution in [0, 0.1) is 5.92 Å². The van der Waals surface area contributed by atoms with Crippen molar-refractivity contribution >= 4 is 17.1 Å². The lowest BCUT2D eigenvalue weighted by molar-refractivity contribution is -0.129. The Hall–Kier alpha value is -2.89. The average Bonchev–Trinajstić information content (AvgIpc) is 3.34. The van der Waals surface area contributed by atoms with E-state index in [9.17, 15) is 4.79 Å². The average molecular weight is 407 g/mol. The minimum absolute atomic E-state index is 0.195. The number of imidazole rings is 1. The molecule has 0 aliphatic carbocycles. The van der Waals surface area contributed by atoms with Crippen LogP contribution in [0.25, 0.3) is 11.2 Å². The number of aromatic nitrogens is 3. The van der Waals surface area contributed by atoms with Gasteiger partial charge in [-0.25, -0.2) is 9.97 Å². The number of pyridine rings is 1. The molecule has 1 saturated heterocycles. The monoisotopic (exact) mass is 406 g/mol. The van der Waals surface area contributed by atoms with E-state index in [1.807, 2.05) is 54.4 Å². The molecule has 1 atom stereocenters. The van der Waals surface area contributed by atoms with Crippen molar-refractivity contribution in [3.63, 3.8) is 0 Å². The van der Waals surface area contributed by atoms with Gasteiger partial charge in [-0.2, -0.15) is 0 Å². The van der Waals surface area contributed by atoms with Gasteiger partial charge >= 0.3 is 0 Å². The topological polar surface area (TPSA) is 60.2 Å². The molecule has 2 aromatic heterocycles. The lowest BCUT2D eigenvalue weighted by Gasteiger charge is -2.18. The maximum absolute atomic E-state index is 12.8. The minimum Gasteiger partial charge on any atom is -0.494 e. The van der Waals surface area contributed by atoms with Gasteiger partial charge in [-0.15, -0.1) is 0 Å². The number of hydrogen-bond donors (Lipinski definition) is 0. The molecule has 3 aromatic rings. The summed E-state index contributed by atoms with van der Waals surface area (Å²) in [5.74, 6) is 2.55. The van der Waals surface area contributed by atoms with Gasteiger partial charge in [0.1, 0.15) is 17.1 Å². The zero-order valence-electron chi connectivity index (χ0n) is 18.0. The Bertz CT molecular complexity index is 1010. The summed E-state index contributed by atoms with van der Waals surface area (Å²) in [4.78, 5) is 24.2. The molecule has 30 heavy (non-hydrogen) atoms. The summed E-state index contributed by atoms with van der Waals surface area (Å²) in [5, 5.41) is 0. The van der Waals surface area contributed by atoms with Crippen LogP contribution in [0.4, 0.5) is 0 Å². The second-order valence-corrected chi connectivity index (χ2v) is 8.29. The quantitative estimate of drug-likeness (QED) is 0.594. The molecular formula is C24H30N4O2. The lowest BCUT2D eigenvalue weighted by Crippen LogP contribution is -2.30. The summed E-state index contributed by atoms with van der Waals surface area (Å²) in [6.45, 7) is 8.56. The SMILES string of the molecule is CCOc1ccc(CC(=O)N2CC[C@@H](Cc3nc4cccnc4n3C(C)C)C2)cc1. The summed E-state index contributed by atoms with van der Waals surface area (Å²) in [7, 11) is 0. The number of benzene rings is 1. The van der Waals surface area contributed by atoms with Gasteiger partial charge < -0.3 is 14.2 Å². The Morgan fingerprint density at radius 1 is 1.23 bits per heavy atom. The summed E-state index contributed by atoms with van der Waals surface area (Å²) < 4.78 is 7.71. The highest BCUT2D eigenvalue weighted by Crippen LogP contribution is 2.26. The predicted molar refractivity (Wildman–Crippen MR) is 118 cm³/mol. The fourth-order valence-corrected chi connectivity index (χ4v) is 4.30. The maximum Gasteiger partial charge on any atom is 0.226 e. The van der Waals surface area contributed by atoms with Crippen LogP contribution in [0.15, 0.2) is 42.6 Å². The van der Waals surface area contributed by atoms with Crippen molar-refractivity contribution in [2.75, 3.05) is 19.7 Å². The van der Waals surface area contributed by atoms with Crippen molar-refractivity contribution in [3.05, 3.63) is 54.0 Å². The molecule has 1 aliphatic heterocycles. The predicted octanol–water partition coefficient (Wildman–Crippen LogP) is 4.04. The third kappa shape index (κ3) is 4.32. The normalized spacial score (nSPS) is 16.5. The van der Waals surface area contributed by atoms with Gasteiger partial charge in [-0.1, -0.05) is 12.1 Å². The second-order valence-electron chi connectivity index (χ2n) is 8.29. The van der Waals surface area contributed by atoms with E-state index >= 15 is 0 Å². The molecular weight excluding hydrogens is 376 g/mol. The number of amides is 1. The Morgan fingerprint density at radius 3 is 2.77 bits per heavy atom. The highest BCUT2D eigenvalue weighted by atomic mass is 16.5. The summed E-state index contributed by atoms with van der Waals surface area (Å²) in [6, 6.07) is 12.1. The standard InChI is InChI=1S/C24H30N4O2/c1-4-30-20-9-7-18(8-10-20)15-23(29)27-13-11-19(16-27)14-22-26-21-6-5-12-25-24(21)28(22)17(2)3/h5-10,12,17,19H,4,11,13-16H2,1-3H3/t19-/m0/s1. The van der Waals surface area contributed by atoms with E-state index in [2.05, 4.69) is 23.4 Å². The molecule has 1 aliphatic rings. The van der Waals surface area contributed by atoms with E-state index in [1.54, 1.807) is 0 Å². The Balaban J connectivity index is 1.39. The Kier molecular flexibility index (Phi) is 6.02. The number of hydrogen-bond acceptors (Lipinski definition) is 4. The zero-order chi connectivity index (χ0) is 21.1. The first kappa shape index (κ1) is 20.4. The first-order valence-electron chi connectivity index (χ1n) is 10.9. The first-order chi connectivity index (χ1) is 14.5. The molecule has 0 N–H and O–H groups in total. The van der Waals surface area contributed by atoms with Crippen LogP contribution in [0.1, 0.15) is 44.6 Å². The van der Waals surface area contributed by atoms with E-state index < -0.39 is 0 Å². The van der Waals surface area contributed by atoms with Gasteiger partial charge in [0.25, 0.3) is 0 Å². The van der Waals surface area contributed by atoms with Gasteiger partial charge in [0.15, 0.2) is 5.65 Å². The van der Waals surface area contributed by atoms with E-state index in [1.165, 1.54) is 0 Å². The van der Waals surface area contributed by atoms with Gasteiger partial charge in [0.2, 0.25) is 5.91 Å². The summed E-state index contributed by atoms with van der Waals surface area (Å²) in [5.41, 5.74) is 2.92. The van der Waals surface area contributed by atoms with Gasteiger partial charge in [0.05, 0.1) is 13.0 Å². The van der Waals surface area contributed by atoms with E-state index in [0.717, 1.165) is 54.2 Å². The van der Waals surface area contributed by atoms with E-state index in [-0.39, 0.29) is 5.91 Å². The first-order valence-corrected chi connectivity index (χ1v) is 10.9. The van der Waals surface area contributed by atoms with Crippen LogP contribution in [0.5, 0.6) is 5.75 Å². The van der Waals surface area contributed by atoms with Gasteiger partial charge in [-0.05, 0) is 62.9 Å². The number of ether oxygens (including phenoxy) is 1. The molecule has 0 spiro atoms. The van der Waals surface area contributed by atoms with Crippen molar-refractivity contribution in [2.24, 2.45) is 5.92 Å². The third-order valence-corrected chi connectivity index (χ3v) is 5.74. The van der Waals surface area contributed by atoms with Crippen LogP contribution in [0.2, 0.25) is 0 Å². The fourth-order valence-electron chi connectivity index (χ4n) is 4.30. The van der Waals surface area contributed by atoms with Crippen LogP contribution in [0.3, 0.4) is 0 Å². The number of carbonyl (C=O) groups is 1. The fraction of sp³-hybridized carbons (Fsp3) is 0.458. The number of carbonyl (C=O) groups excluding carboxylic acids is 1. The molecule has 0 saturated carbocycles. The van der Waals surface area contributed by atoms with E-state index in [4.69, 9.17) is 9.72 Å². The molecule has 3 heterocycles. The number of rotatable bonds is 7. The van der Waals surface area contributed by atoms with Crippen LogP contribution in [-0.4, -0.2) is 45.0 Å². The van der Waals surface area contributed by atoms with Crippen LogP contribution in [-0.2, 0) is 17.6 Å². The summed E-state index contributed by atoms with van der Waals surface area (Å²) >= 11 is 0. The molecule has 1 fully saturated rings. The highest BCUT2D eigenvalue weighted by molar-refractivity contribution is 5.79. The lowest BCUT2D eigenvalue weighted by atomic mass is 10.0. The largest absolute Gasteiger partial charge is 0.494 e. The molecule has 0 radical (unpaired) electrons. The van der Waals surface area contributed by atoms with Crippen molar-refractivity contribution in [3.8, 4) is 5.75 Å². The molecule has 1 aromatic carbocycles. The summed E-state index contributed by atoms with van der Waals surface area (Å²) in [6.07, 6.45) is 4.15. The molecule has 4 rings (SSSR count). The highest BCUT2D eigenvalue weighted by Gasteiger charge is 2.28. The van der Waals surface area contributed by atoms with Gasteiger partial charge in [0, 0.05) is 31.7 Å². The number of fused-ring (bicyclic) bond motifs is 1. The minimum atomic E-state index is 0.195. The molecule has 6 heteroatoms. The van der Waals surface area contributed by atoms with Crippen LogP contribution >= 0.6 is 0 Å². The van der Waals surface area contributed by atoms with Crippen molar-refractivity contribution < 1.29 is 9.53 Å². The smallest absolute Gasteiger partial charge is 0.226 e. The molecule has 6 nitrogen and oxygen atoms in total. The zero-order valence-corrected chi connectivity index (χ0v) is 18.0. The van der Waals surface area contributed by atoms with Crippen molar-refractivity contribution in [1.82, 2.24) is 19.4 Å². The Labute approximate surface area is 177 Å². The maximum atomic E-state index is 12.8.